The average Bonchev–Trinajstić information content (AvgIpc) is 3.88. The van der Waals surface area contributed by atoms with Crippen LogP contribution in [0.5, 0.6) is 11.5 Å². The van der Waals surface area contributed by atoms with Crippen molar-refractivity contribution in [1.82, 2.24) is 28.5 Å². The smallest absolute Gasteiger partial charge is 0.259 e. The molecule has 19 heteroatoms. The van der Waals surface area contributed by atoms with Gasteiger partial charge in [0.2, 0.25) is 10.0 Å². The quantitative estimate of drug-likeness (QED) is 0.0435. The van der Waals surface area contributed by atoms with Crippen LogP contribution in [0.25, 0.3) is 11.2 Å². The standard InChI is InChI=1S/C51H59N8O9PS/c1-34(2)58(35(3)4)69(66-29-15-28-52)68-45-44-49(57-33-55-43-46(53-32-54-47(43)57)56-48(60)37-16-11-9-12-17-37)67-50(45,31-70(61,62)59(44)36(5)6)30-65-51(38-18-13-10-14-19-38,39-20-24-41(63-7)25-21-39)40-22-26-42(64-8)27-23-40/h9-14,16-27,32-36,44-45,49H,15,29-31H2,1-8H3,(H,53,54,56,60)/t44-,45+,49-,50+,69?/m1/s1. The predicted molar refractivity (Wildman–Crippen MR) is 265 cm³/mol. The summed E-state index contributed by atoms with van der Waals surface area (Å²) in [5, 5.41) is 12.5. The van der Waals surface area contributed by atoms with E-state index in [9.17, 15) is 10.1 Å². The number of fused-ring (bicyclic) bond motifs is 3. The Hall–Kier alpha value is -5.87. The molecule has 2 aliphatic rings. The molecule has 2 saturated heterocycles. The highest BCUT2D eigenvalue weighted by molar-refractivity contribution is 7.89. The van der Waals surface area contributed by atoms with Crippen LogP contribution in [0.2, 0.25) is 0 Å². The van der Waals surface area contributed by atoms with Gasteiger partial charge in [0.05, 0.1) is 52.0 Å². The predicted octanol–water partition coefficient (Wildman–Crippen LogP) is 8.46. The van der Waals surface area contributed by atoms with E-state index in [1.165, 1.54) is 17.0 Å². The van der Waals surface area contributed by atoms with Crippen LogP contribution in [0.4, 0.5) is 5.82 Å². The molecule has 70 heavy (non-hydrogen) atoms. The number of ether oxygens (including phenoxy) is 4. The number of hydrogen-bond acceptors (Lipinski definition) is 14. The second-order valence-electron chi connectivity index (χ2n) is 18.0. The number of methoxy groups -OCH3 is 2. The van der Waals surface area contributed by atoms with Crippen LogP contribution in [0.3, 0.4) is 0 Å². The van der Waals surface area contributed by atoms with Gasteiger partial charge in [-0.25, -0.2) is 28.0 Å². The van der Waals surface area contributed by atoms with E-state index in [-0.39, 0.29) is 48.7 Å². The van der Waals surface area contributed by atoms with E-state index in [2.05, 4.69) is 26.0 Å². The van der Waals surface area contributed by atoms with Crippen molar-refractivity contribution in [2.45, 2.75) is 95.7 Å². The summed E-state index contributed by atoms with van der Waals surface area (Å²) in [5.74, 6) is 0.478. The number of nitrogens with zero attached hydrogens (tertiary/aromatic N) is 7. The third-order valence-electron chi connectivity index (χ3n) is 12.5. The Labute approximate surface area is 410 Å². The first-order chi connectivity index (χ1) is 33.7. The zero-order chi connectivity index (χ0) is 49.8. The molecule has 2 fully saturated rings. The van der Waals surface area contributed by atoms with Gasteiger partial charge in [-0.15, -0.1) is 0 Å². The van der Waals surface area contributed by atoms with Crippen molar-refractivity contribution >= 4 is 41.4 Å². The minimum Gasteiger partial charge on any atom is -0.497 e. The number of nitriles is 1. The van der Waals surface area contributed by atoms with Crippen molar-refractivity contribution in [3.05, 3.63) is 144 Å². The van der Waals surface area contributed by atoms with Gasteiger partial charge in [0.1, 0.15) is 41.2 Å². The van der Waals surface area contributed by atoms with Crippen molar-refractivity contribution in [3.8, 4) is 17.6 Å². The van der Waals surface area contributed by atoms with E-state index in [1.807, 2.05) is 126 Å². The summed E-state index contributed by atoms with van der Waals surface area (Å²) in [6, 6.07) is 33.9. The molecular formula is C51H59N8O9PS. The van der Waals surface area contributed by atoms with Crippen LogP contribution in [-0.2, 0) is 34.1 Å². The molecule has 1 amide bonds. The molecule has 6 aromatic rings. The van der Waals surface area contributed by atoms with Crippen LogP contribution >= 0.6 is 8.53 Å². The number of carbonyl (C=O) groups is 1. The van der Waals surface area contributed by atoms with Gasteiger partial charge >= 0.3 is 0 Å². The SMILES string of the molecule is COc1ccc(C(OC[C@@]23CS(=O)(=O)N(C(C)C)[C@@H]([C@H](n4cnc5c(NC(=O)c6ccccc6)ncnc54)O2)[C@@H]3OP(OCCC#N)N(C(C)C)C(C)C)(c2ccccc2)c2ccc(OC)cc2)cc1. The van der Waals surface area contributed by atoms with Crippen molar-refractivity contribution in [2.75, 3.05) is 38.5 Å². The number of carbonyl (C=O) groups excluding carboxylic acids is 1. The lowest BCUT2D eigenvalue weighted by atomic mass is 9.79. The maximum Gasteiger partial charge on any atom is 0.259 e. The van der Waals surface area contributed by atoms with Gasteiger partial charge in [0.15, 0.2) is 23.2 Å². The summed E-state index contributed by atoms with van der Waals surface area (Å²) in [5.41, 5.74) is 0.0288. The second-order valence-corrected chi connectivity index (χ2v) is 21.3. The van der Waals surface area contributed by atoms with E-state index in [0.29, 0.717) is 17.1 Å². The molecule has 2 bridgehead atoms. The number of nitrogens with one attached hydrogen (secondary N) is 1. The van der Waals surface area contributed by atoms with Gasteiger partial charge < -0.3 is 33.3 Å². The zero-order valence-corrected chi connectivity index (χ0v) is 42.2. The summed E-state index contributed by atoms with van der Waals surface area (Å²) in [6.07, 6.45) is 0.751. The Kier molecular flexibility index (Phi) is 15.3. The third-order valence-corrected chi connectivity index (χ3v) is 16.8. The fourth-order valence-corrected chi connectivity index (χ4v) is 13.7. The Balaban J connectivity index is 1.33. The number of hydrogen-bond donors (Lipinski definition) is 1. The van der Waals surface area contributed by atoms with E-state index in [4.69, 9.17) is 33.0 Å². The number of imidazole rings is 1. The van der Waals surface area contributed by atoms with Gasteiger partial charge in [-0.1, -0.05) is 72.8 Å². The molecule has 368 valence electrons. The minimum atomic E-state index is -4.17. The molecule has 0 aliphatic carbocycles. The molecule has 2 aliphatic heterocycles. The Morgan fingerprint density at radius 3 is 2.01 bits per heavy atom. The molecular weight excluding hydrogens is 932 g/mol. The highest BCUT2D eigenvalue weighted by Crippen LogP contribution is 2.57. The van der Waals surface area contributed by atoms with E-state index >= 15 is 8.42 Å². The van der Waals surface area contributed by atoms with Crippen LogP contribution in [0, 0.1) is 11.3 Å². The topological polar surface area (TPSA) is 192 Å². The van der Waals surface area contributed by atoms with Gasteiger partial charge in [-0.2, -0.15) is 9.57 Å². The maximum atomic E-state index is 15.2. The first-order valence-corrected chi connectivity index (χ1v) is 25.9. The second kappa shape index (κ2) is 21.2. The minimum absolute atomic E-state index is 0.0716. The summed E-state index contributed by atoms with van der Waals surface area (Å²) in [7, 11) is -2.95. The van der Waals surface area contributed by atoms with Gasteiger partial charge in [-0.3, -0.25) is 9.36 Å². The molecule has 2 aromatic heterocycles. The van der Waals surface area contributed by atoms with Crippen molar-refractivity contribution in [1.29, 1.82) is 5.26 Å². The van der Waals surface area contributed by atoms with E-state index in [0.717, 1.165) is 16.7 Å². The molecule has 5 atom stereocenters. The molecule has 0 spiro atoms. The molecule has 1 unspecified atom stereocenters. The highest BCUT2D eigenvalue weighted by Gasteiger charge is 2.68. The monoisotopic (exact) mass is 990 g/mol. The lowest BCUT2D eigenvalue weighted by Crippen LogP contribution is -2.65. The van der Waals surface area contributed by atoms with Gasteiger partial charge in [0.25, 0.3) is 14.4 Å². The lowest BCUT2D eigenvalue weighted by Gasteiger charge is -2.48. The Morgan fingerprint density at radius 1 is 0.871 bits per heavy atom. The maximum absolute atomic E-state index is 15.2. The van der Waals surface area contributed by atoms with Crippen molar-refractivity contribution in [3.63, 3.8) is 0 Å². The summed E-state index contributed by atoms with van der Waals surface area (Å²) in [6.45, 7) is 11.5. The van der Waals surface area contributed by atoms with Gasteiger partial charge in [0, 0.05) is 23.7 Å². The number of amides is 1. The summed E-state index contributed by atoms with van der Waals surface area (Å²) < 4.78 is 75.7. The summed E-state index contributed by atoms with van der Waals surface area (Å²) in [4.78, 5) is 27.2. The average molecular weight is 991 g/mol. The van der Waals surface area contributed by atoms with Crippen LogP contribution < -0.4 is 14.8 Å². The Morgan fingerprint density at radius 2 is 1.46 bits per heavy atom. The summed E-state index contributed by atoms with van der Waals surface area (Å²) >= 11 is 0. The fraction of sp³-hybridized carbons (Fsp3) is 0.392. The first kappa shape index (κ1) is 50.5. The Bertz CT molecular complexity index is 2830. The van der Waals surface area contributed by atoms with E-state index < -0.39 is 65.8 Å². The fourth-order valence-electron chi connectivity index (χ4n) is 9.58. The molecule has 0 radical (unpaired) electrons. The normalized spacial score (nSPS) is 20.5. The first-order valence-electron chi connectivity index (χ1n) is 23.1. The van der Waals surface area contributed by atoms with Crippen molar-refractivity contribution < 1.29 is 41.2 Å². The molecule has 4 aromatic carbocycles. The lowest BCUT2D eigenvalue weighted by molar-refractivity contribution is -0.145. The number of sulfonamides is 1. The third kappa shape index (κ3) is 9.77. The molecule has 4 heterocycles. The number of rotatable bonds is 20. The number of benzene rings is 4. The molecule has 1 N–H and O–H groups in total. The molecule has 0 saturated carbocycles. The molecule has 17 nitrogen and oxygen atoms in total. The van der Waals surface area contributed by atoms with Crippen LogP contribution in [0.1, 0.15) is 81.2 Å². The molecule has 8 rings (SSSR count). The van der Waals surface area contributed by atoms with Crippen molar-refractivity contribution in [2.24, 2.45) is 0 Å². The van der Waals surface area contributed by atoms with Crippen LogP contribution in [-0.4, -0.2) is 112 Å². The number of aromatic nitrogens is 4. The van der Waals surface area contributed by atoms with Crippen LogP contribution in [0.15, 0.2) is 122 Å². The number of anilines is 1. The van der Waals surface area contributed by atoms with Gasteiger partial charge in [-0.05, 0) is 94.6 Å². The largest absolute Gasteiger partial charge is 0.497 e. The zero-order valence-electron chi connectivity index (χ0n) is 40.5. The van der Waals surface area contributed by atoms with E-state index in [1.54, 1.807) is 43.1 Å². The highest BCUT2D eigenvalue weighted by atomic mass is 32.2.